The minimum Gasteiger partial charge on any atom is -0.370 e. The van der Waals surface area contributed by atoms with Crippen LogP contribution in [-0.2, 0) is 32.8 Å². The Morgan fingerprint density at radius 2 is 2.03 bits per heavy atom. The van der Waals surface area contributed by atoms with Crippen LogP contribution < -0.4 is 5.32 Å². The van der Waals surface area contributed by atoms with E-state index in [1.165, 1.54) is 10.4 Å². The van der Waals surface area contributed by atoms with Gasteiger partial charge in [-0.05, 0) is 49.7 Å². The van der Waals surface area contributed by atoms with Gasteiger partial charge in [0.05, 0.1) is 18.1 Å². The van der Waals surface area contributed by atoms with Crippen LogP contribution in [0.4, 0.5) is 0 Å². The van der Waals surface area contributed by atoms with E-state index in [-0.39, 0.29) is 23.2 Å². The Hall–Kier alpha value is -1.24. The number of ketones is 1. The van der Waals surface area contributed by atoms with Crippen molar-refractivity contribution in [2.75, 3.05) is 26.2 Å². The predicted molar refractivity (Wildman–Crippen MR) is 122 cm³/mol. The number of likely N-dealkylation sites (tertiary alicyclic amines) is 1. The molecule has 1 amide bonds. The van der Waals surface area contributed by atoms with Crippen LogP contribution in [0.5, 0.6) is 0 Å². The van der Waals surface area contributed by atoms with E-state index in [9.17, 15) is 9.59 Å². The number of hydrogen-bond donors (Lipinski definition) is 1. The average molecular weight is 445 g/mol. The molecule has 1 unspecified atom stereocenters. The number of nitrogens with one attached hydrogen (secondary N) is 1. The number of thiophene rings is 1. The van der Waals surface area contributed by atoms with Gasteiger partial charge in [-0.15, -0.1) is 11.3 Å². The molecule has 1 spiro atoms. The summed E-state index contributed by atoms with van der Waals surface area (Å²) in [6, 6.07) is 2.72. The number of carbonyl (C=O) groups excluding carboxylic acids is 2. The summed E-state index contributed by atoms with van der Waals surface area (Å²) in [5.74, 6) is 0.832. The maximum atomic E-state index is 12.5. The van der Waals surface area contributed by atoms with Crippen LogP contribution in [0.2, 0.25) is 0 Å². The van der Waals surface area contributed by atoms with E-state index >= 15 is 0 Å². The van der Waals surface area contributed by atoms with E-state index in [2.05, 4.69) is 23.2 Å². The Balaban J connectivity index is 1.08. The first-order valence-corrected chi connectivity index (χ1v) is 12.9. The standard InChI is InChI=1S/C25H36N2O3S/c1-4-18-13-19-21(31-18)5-10-30-25(19)6-8-27(9-7-25)15-16-11-17(12-16)26-23(29)20-14-22(28)24(20,2)3/h13,16-17,20H,4-12,14-15H2,1-3H3,(H,26,29). The normalized spacial score (nSPS) is 31.6. The summed E-state index contributed by atoms with van der Waals surface area (Å²) in [4.78, 5) is 29.9. The third-order valence-corrected chi connectivity index (χ3v) is 9.80. The molecular formula is C25H36N2O3S. The number of Topliss-reactive ketones (excluding diaryl/α,β-unsaturated/α-hetero) is 1. The zero-order valence-corrected chi connectivity index (χ0v) is 20.0. The molecular weight excluding hydrogens is 408 g/mol. The van der Waals surface area contributed by atoms with E-state index in [1.54, 1.807) is 4.88 Å². The Kier molecular flexibility index (Phi) is 5.55. The van der Waals surface area contributed by atoms with Crippen LogP contribution >= 0.6 is 11.3 Å². The molecule has 2 aliphatic heterocycles. The largest absolute Gasteiger partial charge is 0.370 e. The number of ether oxygens (including phenoxy) is 1. The highest BCUT2D eigenvalue weighted by molar-refractivity contribution is 7.12. The van der Waals surface area contributed by atoms with Gasteiger partial charge in [0.1, 0.15) is 5.78 Å². The summed E-state index contributed by atoms with van der Waals surface area (Å²) in [7, 11) is 0. The molecule has 3 fully saturated rings. The lowest BCUT2D eigenvalue weighted by Gasteiger charge is -2.47. The van der Waals surface area contributed by atoms with Crippen molar-refractivity contribution in [2.24, 2.45) is 17.3 Å². The van der Waals surface area contributed by atoms with Crippen LogP contribution in [0.1, 0.15) is 68.2 Å². The first kappa shape index (κ1) is 21.6. The minimum absolute atomic E-state index is 0.0445. The van der Waals surface area contributed by atoms with Crippen molar-refractivity contribution in [3.63, 3.8) is 0 Å². The van der Waals surface area contributed by atoms with Crippen molar-refractivity contribution < 1.29 is 14.3 Å². The smallest absolute Gasteiger partial charge is 0.224 e. The van der Waals surface area contributed by atoms with Gasteiger partial charge in [0.15, 0.2) is 0 Å². The molecule has 5 rings (SSSR count). The number of carbonyl (C=O) groups is 2. The van der Waals surface area contributed by atoms with Gasteiger partial charge in [0.25, 0.3) is 0 Å². The summed E-state index contributed by atoms with van der Waals surface area (Å²) in [6.07, 6.45) is 6.94. The highest BCUT2D eigenvalue weighted by atomic mass is 32.1. The summed E-state index contributed by atoms with van der Waals surface area (Å²) in [5, 5.41) is 3.20. The Morgan fingerprint density at radius 1 is 1.29 bits per heavy atom. The molecule has 170 valence electrons. The van der Waals surface area contributed by atoms with Gasteiger partial charge in [0, 0.05) is 53.7 Å². The van der Waals surface area contributed by atoms with Gasteiger partial charge in [-0.25, -0.2) is 0 Å². The lowest BCUT2D eigenvalue weighted by atomic mass is 9.61. The molecule has 1 N–H and O–H groups in total. The second kappa shape index (κ2) is 7.96. The number of nitrogens with zero attached hydrogens (tertiary/aromatic N) is 1. The van der Waals surface area contributed by atoms with Gasteiger partial charge in [-0.2, -0.15) is 0 Å². The van der Waals surface area contributed by atoms with Crippen molar-refractivity contribution in [1.29, 1.82) is 0 Å². The minimum atomic E-state index is -0.474. The van der Waals surface area contributed by atoms with Crippen molar-refractivity contribution in [2.45, 2.75) is 77.4 Å². The topological polar surface area (TPSA) is 58.6 Å². The van der Waals surface area contributed by atoms with E-state index in [0.29, 0.717) is 18.4 Å². The summed E-state index contributed by atoms with van der Waals surface area (Å²) < 4.78 is 6.42. The highest BCUT2D eigenvalue weighted by Gasteiger charge is 2.51. The lowest BCUT2D eigenvalue weighted by molar-refractivity contribution is -0.153. The summed E-state index contributed by atoms with van der Waals surface area (Å²) >= 11 is 1.99. The van der Waals surface area contributed by atoms with Gasteiger partial charge in [-0.3, -0.25) is 9.59 Å². The van der Waals surface area contributed by atoms with Gasteiger partial charge in [0.2, 0.25) is 5.91 Å². The Labute approximate surface area is 189 Å². The van der Waals surface area contributed by atoms with Gasteiger partial charge in [-0.1, -0.05) is 20.8 Å². The van der Waals surface area contributed by atoms with E-state index in [0.717, 1.165) is 64.8 Å². The Morgan fingerprint density at radius 3 is 2.68 bits per heavy atom. The van der Waals surface area contributed by atoms with Crippen LogP contribution in [0.15, 0.2) is 6.07 Å². The second-order valence-corrected chi connectivity index (χ2v) is 12.0. The van der Waals surface area contributed by atoms with E-state index in [1.807, 2.05) is 25.2 Å². The molecule has 0 aromatic carbocycles. The number of amides is 1. The van der Waals surface area contributed by atoms with Crippen molar-refractivity contribution >= 4 is 23.0 Å². The molecule has 4 aliphatic rings. The SMILES string of the molecule is CCc1cc2c(s1)CCOC21CCN(CC2CC(NC(=O)C3CC(=O)C3(C)C)C2)CC1. The molecule has 0 radical (unpaired) electrons. The molecule has 31 heavy (non-hydrogen) atoms. The molecule has 1 saturated heterocycles. The number of fused-ring (bicyclic) bond motifs is 2. The van der Waals surface area contributed by atoms with Crippen molar-refractivity contribution in [3.05, 3.63) is 21.4 Å². The molecule has 0 bridgehead atoms. The first-order valence-electron chi connectivity index (χ1n) is 12.1. The Bertz CT molecular complexity index is 862. The van der Waals surface area contributed by atoms with Crippen molar-refractivity contribution in [3.8, 4) is 0 Å². The van der Waals surface area contributed by atoms with E-state index < -0.39 is 5.41 Å². The first-order chi connectivity index (χ1) is 14.8. The number of hydrogen-bond acceptors (Lipinski definition) is 5. The zero-order chi connectivity index (χ0) is 21.8. The summed E-state index contributed by atoms with van der Waals surface area (Å²) in [5.41, 5.74) is 0.972. The quantitative estimate of drug-likeness (QED) is 0.753. The van der Waals surface area contributed by atoms with Crippen LogP contribution in [0, 0.1) is 17.3 Å². The third-order valence-electron chi connectivity index (χ3n) is 8.46. The fraction of sp³-hybridized carbons (Fsp3) is 0.760. The maximum Gasteiger partial charge on any atom is 0.224 e. The van der Waals surface area contributed by atoms with Crippen LogP contribution in [0.25, 0.3) is 0 Å². The third kappa shape index (κ3) is 3.79. The predicted octanol–water partition coefficient (Wildman–Crippen LogP) is 3.68. The number of rotatable bonds is 5. The van der Waals surface area contributed by atoms with Crippen LogP contribution in [0.3, 0.4) is 0 Å². The molecule has 5 nitrogen and oxygen atoms in total. The molecule has 2 aliphatic carbocycles. The number of aryl methyl sites for hydroxylation is 1. The van der Waals surface area contributed by atoms with E-state index in [4.69, 9.17) is 4.74 Å². The lowest BCUT2D eigenvalue weighted by Crippen LogP contribution is -2.57. The molecule has 6 heteroatoms. The molecule has 1 aromatic heterocycles. The molecule has 1 aromatic rings. The average Bonchev–Trinajstić information content (AvgIpc) is 3.17. The van der Waals surface area contributed by atoms with Gasteiger partial charge >= 0.3 is 0 Å². The zero-order valence-electron chi connectivity index (χ0n) is 19.2. The highest BCUT2D eigenvalue weighted by Crippen LogP contribution is 2.45. The van der Waals surface area contributed by atoms with Gasteiger partial charge < -0.3 is 15.0 Å². The fourth-order valence-corrected chi connectivity index (χ4v) is 7.19. The maximum absolute atomic E-state index is 12.5. The summed E-state index contributed by atoms with van der Waals surface area (Å²) in [6.45, 7) is 10.2. The second-order valence-electron chi connectivity index (χ2n) is 10.7. The molecule has 3 heterocycles. The molecule has 1 atom stereocenters. The molecule has 2 saturated carbocycles. The monoisotopic (exact) mass is 444 g/mol. The van der Waals surface area contributed by atoms with Crippen molar-refractivity contribution in [1.82, 2.24) is 10.2 Å². The fourth-order valence-electron chi connectivity index (χ4n) is 6.01. The number of piperidine rings is 1. The van der Waals surface area contributed by atoms with Crippen LogP contribution in [-0.4, -0.2) is 48.9 Å².